The van der Waals surface area contributed by atoms with Crippen molar-refractivity contribution in [2.45, 2.75) is 73.1 Å². The third-order valence-electron chi connectivity index (χ3n) is 7.11. The molecule has 0 saturated carbocycles. The summed E-state index contributed by atoms with van der Waals surface area (Å²) >= 11 is 0. The fraction of sp³-hybridized carbons (Fsp3) is 0.412. The zero-order valence-corrected chi connectivity index (χ0v) is 24.5. The van der Waals surface area contributed by atoms with Crippen LogP contribution in [0.3, 0.4) is 0 Å². The van der Waals surface area contributed by atoms with E-state index >= 15 is 0 Å². The number of ether oxygens (including phenoxy) is 1. The van der Waals surface area contributed by atoms with Gasteiger partial charge in [-0.2, -0.15) is 0 Å². The van der Waals surface area contributed by atoms with Gasteiger partial charge >= 0.3 is 5.97 Å². The predicted molar refractivity (Wildman–Crippen MR) is 159 cm³/mol. The average Bonchev–Trinajstić information content (AvgIpc) is 2.86. The van der Waals surface area contributed by atoms with E-state index in [2.05, 4.69) is 90.2 Å². The van der Waals surface area contributed by atoms with E-state index in [0.717, 1.165) is 24.2 Å². The van der Waals surface area contributed by atoms with Crippen molar-refractivity contribution in [1.82, 2.24) is 5.32 Å². The topological polar surface area (TPSA) is 75.6 Å². The van der Waals surface area contributed by atoms with E-state index < -0.39 is 5.97 Å². The Hall–Kier alpha value is -3.60. The van der Waals surface area contributed by atoms with Gasteiger partial charge in [0.2, 0.25) is 0 Å². The van der Waals surface area contributed by atoms with Crippen LogP contribution in [-0.2, 0) is 16.6 Å². The Morgan fingerprint density at radius 1 is 0.872 bits per heavy atom. The molecule has 5 nitrogen and oxygen atoms in total. The highest BCUT2D eigenvalue weighted by atomic mass is 16.5. The van der Waals surface area contributed by atoms with E-state index in [1.807, 2.05) is 12.1 Å². The molecule has 39 heavy (non-hydrogen) atoms. The number of nitrogens with one attached hydrogen (secondary N) is 1. The number of carboxylic acid groups (broad SMARTS) is 1. The van der Waals surface area contributed by atoms with Crippen molar-refractivity contribution in [3.63, 3.8) is 0 Å². The molecule has 0 aliphatic rings. The lowest BCUT2D eigenvalue weighted by molar-refractivity contribution is -0.136. The van der Waals surface area contributed by atoms with Crippen molar-refractivity contribution in [2.24, 2.45) is 5.41 Å². The van der Waals surface area contributed by atoms with E-state index in [1.54, 1.807) is 12.1 Å². The Morgan fingerprint density at radius 3 is 2.00 bits per heavy atom. The lowest BCUT2D eigenvalue weighted by Crippen LogP contribution is -2.26. The Kier molecular flexibility index (Phi) is 9.60. The van der Waals surface area contributed by atoms with Gasteiger partial charge in [0.15, 0.2) is 0 Å². The summed E-state index contributed by atoms with van der Waals surface area (Å²) < 4.78 is 6.29. The van der Waals surface area contributed by atoms with Gasteiger partial charge in [0.25, 0.3) is 5.91 Å². The lowest BCUT2D eigenvalue weighted by atomic mass is 9.85. The molecule has 0 unspecified atom stereocenters. The number of amides is 1. The molecule has 0 aromatic heterocycles. The molecule has 0 spiro atoms. The molecule has 0 radical (unpaired) electrons. The average molecular weight is 530 g/mol. The highest BCUT2D eigenvalue weighted by Gasteiger charge is 2.20. The summed E-state index contributed by atoms with van der Waals surface area (Å²) in [6, 6.07) is 20.7. The Bertz CT molecular complexity index is 1260. The molecular formula is C34H43NO4. The minimum absolute atomic E-state index is 0.0316. The van der Waals surface area contributed by atoms with Crippen molar-refractivity contribution in [3.8, 4) is 16.9 Å². The van der Waals surface area contributed by atoms with Gasteiger partial charge < -0.3 is 15.2 Å². The summed E-state index contributed by atoms with van der Waals surface area (Å²) in [5.74, 6) is -0.289. The van der Waals surface area contributed by atoms with E-state index in [9.17, 15) is 9.59 Å². The molecule has 0 bridgehead atoms. The Morgan fingerprint density at radius 2 is 1.46 bits per heavy atom. The quantitative estimate of drug-likeness (QED) is 0.269. The first-order chi connectivity index (χ1) is 18.2. The summed E-state index contributed by atoms with van der Waals surface area (Å²) in [5.41, 5.74) is 8.03. The third-order valence-corrected chi connectivity index (χ3v) is 7.11. The lowest BCUT2D eigenvalue weighted by Gasteiger charge is -2.25. The summed E-state index contributed by atoms with van der Waals surface area (Å²) in [7, 11) is 0. The van der Waals surface area contributed by atoms with Crippen molar-refractivity contribution in [3.05, 3.63) is 88.5 Å². The first-order valence-corrected chi connectivity index (χ1v) is 13.7. The second-order valence-corrected chi connectivity index (χ2v) is 12.3. The van der Waals surface area contributed by atoms with Crippen LogP contribution in [0.15, 0.2) is 60.7 Å². The smallest absolute Gasteiger partial charge is 0.305 e. The normalized spacial score (nSPS) is 11.8. The molecule has 5 heteroatoms. The van der Waals surface area contributed by atoms with Crippen LogP contribution in [0.5, 0.6) is 5.75 Å². The third kappa shape index (κ3) is 8.71. The van der Waals surface area contributed by atoms with Crippen LogP contribution in [-0.4, -0.2) is 30.1 Å². The van der Waals surface area contributed by atoms with Gasteiger partial charge in [0, 0.05) is 12.1 Å². The Labute approximate surface area is 233 Å². The van der Waals surface area contributed by atoms with E-state index in [-0.39, 0.29) is 29.7 Å². The molecule has 0 saturated heterocycles. The van der Waals surface area contributed by atoms with E-state index in [1.165, 1.54) is 27.8 Å². The van der Waals surface area contributed by atoms with Crippen molar-refractivity contribution in [2.75, 3.05) is 13.2 Å². The van der Waals surface area contributed by atoms with Gasteiger partial charge in [0.05, 0.1) is 13.0 Å². The van der Waals surface area contributed by atoms with Gasteiger partial charge in [-0.15, -0.1) is 0 Å². The van der Waals surface area contributed by atoms with Gasteiger partial charge in [-0.3, -0.25) is 9.59 Å². The molecule has 208 valence electrons. The van der Waals surface area contributed by atoms with Crippen LogP contribution in [0.4, 0.5) is 0 Å². The summed E-state index contributed by atoms with van der Waals surface area (Å²) in [4.78, 5) is 22.8. The number of carbonyl (C=O) groups excluding carboxylic acids is 1. The zero-order chi connectivity index (χ0) is 28.8. The fourth-order valence-corrected chi connectivity index (χ4v) is 4.64. The highest BCUT2D eigenvalue weighted by molar-refractivity contribution is 5.94. The Balaban J connectivity index is 1.56. The van der Waals surface area contributed by atoms with E-state index in [0.29, 0.717) is 12.2 Å². The maximum absolute atomic E-state index is 12.2. The molecule has 0 heterocycles. The monoisotopic (exact) mass is 529 g/mol. The first-order valence-electron chi connectivity index (χ1n) is 13.7. The molecular weight excluding hydrogens is 486 g/mol. The number of hydrogen-bond acceptors (Lipinski definition) is 3. The van der Waals surface area contributed by atoms with Crippen LogP contribution in [0, 0.1) is 19.3 Å². The minimum Gasteiger partial charge on any atom is -0.493 e. The molecule has 3 aromatic carbocycles. The molecule has 2 N–H and O–H groups in total. The summed E-state index contributed by atoms with van der Waals surface area (Å²) in [5, 5.41) is 11.3. The molecule has 0 fully saturated rings. The van der Waals surface area contributed by atoms with Crippen LogP contribution in [0.25, 0.3) is 11.1 Å². The molecule has 0 aliphatic heterocycles. The number of carboxylic acids is 1. The SMILES string of the molecule is Cc1cc(OCC(C)(C)CCc2ccc(C(=O)NCCC(=O)O)cc2)cc(C)c1-c1ccc(C(C)(C)C)cc1. The van der Waals surface area contributed by atoms with Crippen LogP contribution < -0.4 is 10.1 Å². The number of rotatable bonds is 11. The van der Waals surface area contributed by atoms with Crippen LogP contribution in [0.2, 0.25) is 0 Å². The van der Waals surface area contributed by atoms with E-state index in [4.69, 9.17) is 9.84 Å². The van der Waals surface area contributed by atoms with Gasteiger partial charge in [-0.05, 0) is 95.2 Å². The van der Waals surface area contributed by atoms with Crippen molar-refractivity contribution < 1.29 is 19.4 Å². The molecule has 0 aliphatic carbocycles. The van der Waals surface area contributed by atoms with Gasteiger partial charge in [-0.1, -0.05) is 71.0 Å². The molecule has 3 rings (SSSR count). The fourth-order valence-electron chi connectivity index (χ4n) is 4.64. The first kappa shape index (κ1) is 29.9. The maximum atomic E-state index is 12.2. The summed E-state index contributed by atoms with van der Waals surface area (Å²) in [6.07, 6.45) is 1.72. The van der Waals surface area contributed by atoms with Crippen LogP contribution in [0.1, 0.15) is 80.1 Å². The van der Waals surface area contributed by atoms with Gasteiger partial charge in [0.1, 0.15) is 5.75 Å². The number of aryl methyl sites for hydroxylation is 3. The predicted octanol–water partition coefficient (Wildman–Crippen LogP) is 7.51. The highest BCUT2D eigenvalue weighted by Crippen LogP contribution is 2.34. The number of carbonyl (C=O) groups is 2. The molecule has 1 amide bonds. The molecule has 3 aromatic rings. The van der Waals surface area contributed by atoms with Crippen molar-refractivity contribution >= 4 is 11.9 Å². The number of hydrogen-bond donors (Lipinski definition) is 2. The molecule has 0 atom stereocenters. The van der Waals surface area contributed by atoms with Crippen molar-refractivity contribution in [1.29, 1.82) is 0 Å². The van der Waals surface area contributed by atoms with Crippen LogP contribution >= 0.6 is 0 Å². The summed E-state index contributed by atoms with van der Waals surface area (Å²) in [6.45, 7) is 16.1. The largest absolute Gasteiger partial charge is 0.493 e. The standard InChI is InChI=1S/C34H43NO4/c1-23-20-29(21-24(2)31(23)26-12-14-28(15-13-26)33(3,4)5)39-22-34(6,7)18-16-25-8-10-27(11-9-25)32(38)35-19-17-30(36)37/h8-15,20-21H,16-19,22H2,1-7H3,(H,35,38)(H,36,37). The zero-order valence-electron chi connectivity index (χ0n) is 24.5. The van der Waals surface area contributed by atoms with Gasteiger partial charge in [-0.25, -0.2) is 0 Å². The minimum atomic E-state index is -0.929. The number of aliphatic carboxylic acids is 1. The number of benzene rings is 3. The second kappa shape index (κ2) is 12.5. The second-order valence-electron chi connectivity index (χ2n) is 12.3. The maximum Gasteiger partial charge on any atom is 0.305 e.